The molecule has 0 aliphatic carbocycles. The van der Waals surface area contributed by atoms with Gasteiger partial charge in [-0.15, -0.1) is 0 Å². The van der Waals surface area contributed by atoms with E-state index in [4.69, 9.17) is 4.42 Å². The van der Waals surface area contributed by atoms with Crippen LogP contribution >= 0.6 is 0 Å². The molecule has 8 heteroatoms. The molecule has 0 unspecified atom stereocenters. The van der Waals surface area contributed by atoms with Crippen LogP contribution in [0.5, 0.6) is 0 Å². The van der Waals surface area contributed by atoms with Crippen LogP contribution in [0.1, 0.15) is 26.6 Å². The third-order valence-electron chi connectivity index (χ3n) is 5.18. The van der Waals surface area contributed by atoms with Gasteiger partial charge >= 0.3 is 0 Å². The van der Waals surface area contributed by atoms with E-state index in [-0.39, 0.29) is 22.8 Å². The zero-order chi connectivity index (χ0) is 22.7. The van der Waals surface area contributed by atoms with E-state index < -0.39 is 12.1 Å². The molecule has 0 radical (unpaired) electrons. The standard InChI is InChI=1S/C24H22N4O4/c1-16-20(24(31)28(27(16)2)18-12-7-4-8-13-18)25-22(21(29)17-10-5-3-6-11-17)26-23(30)19-14-9-15-32-19/h3-15,22,25H,1-2H3,(H,26,30)/t22-/m1/s1. The lowest BCUT2D eigenvalue weighted by Crippen LogP contribution is -2.47. The second kappa shape index (κ2) is 8.81. The fraction of sp³-hybridized carbons (Fsp3) is 0.125. The molecule has 2 heterocycles. The minimum absolute atomic E-state index is 0.0594. The lowest BCUT2D eigenvalue weighted by atomic mass is 10.1. The molecule has 8 nitrogen and oxygen atoms in total. The Hall–Kier alpha value is -4.33. The first-order valence-electron chi connectivity index (χ1n) is 10.0. The molecule has 0 fully saturated rings. The van der Waals surface area contributed by atoms with E-state index >= 15 is 0 Å². The first-order valence-corrected chi connectivity index (χ1v) is 10.0. The lowest BCUT2D eigenvalue weighted by molar-refractivity contribution is 0.0852. The summed E-state index contributed by atoms with van der Waals surface area (Å²) in [5.41, 5.74) is 1.56. The minimum atomic E-state index is -1.19. The Kier molecular flexibility index (Phi) is 5.76. The van der Waals surface area contributed by atoms with E-state index in [0.717, 1.165) is 0 Å². The number of amides is 1. The summed E-state index contributed by atoms with van der Waals surface area (Å²) in [5.74, 6) is -0.905. The number of aromatic nitrogens is 2. The molecule has 0 saturated heterocycles. The molecule has 0 spiro atoms. The maximum atomic E-state index is 13.3. The highest BCUT2D eigenvalue weighted by molar-refractivity contribution is 6.04. The predicted molar refractivity (Wildman–Crippen MR) is 120 cm³/mol. The SMILES string of the molecule is Cc1c(N[C@H](NC(=O)c2ccco2)C(=O)c2ccccc2)c(=O)n(-c2ccccc2)n1C. The number of anilines is 1. The third-order valence-corrected chi connectivity index (χ3v) is 5.18. The summed E-state index contributed by atoms with van der Waals surface area (Å²) >= 11 is 0. The molecule has 162 valence electrons. The van der Waals surface area contributed by atoms with Crippen molar-refractivity contribution in [3.05, 3.63) is 106 Å². The van der Waals surface area contributed by atoms with Gasteiger partial charge in [-0.25, -0.2) is 4.68 Å². The predicted octanol–water partition coefficient (Wildman–Crippen LogP) is 3.13. The number of carbonyl (C=O) groups is 2. The van der Waals surface area contributed by atoms with Crippen LogP contribution in [-0.2, 0) is 7.05 Å². The molecule has 1 amide bonds. The zero-order valence-electron chi connectivity index (χ0n) is 17.6. The number of furan rings is 1. The molecule has 32 heavy (non-hydrogen) atoms. The van der Waals surface area contributed by atoms with Gasteiger partial charge in [0.25, 0.3) is 11.5 Å². The van der Waals surface area contributed by atoms with Gasteiger partial charge in [0.15, 0.2) is 11.9 Å². The highest BCUT2D eigenvalue weighted by Crippen LogP contribution is 2.16. The van der Waals surface area contributed by atoms with E-state index in [0.29, 0.717) is 16.9 Å². The number of carbonyl (C=O) groups excluding carboxylic acids is 2. The second-order valence-corrected chi connectivity index (χ2v) is 7.19. The van der Waals surface area contributed by atoms with Crippen LogP contribution in [0.4, 0.5) is 5.69 Å². The summed E-state index contributed by atoms with van der Waals surface area (Å²) in [5, 5.41) is 5.60. The third kappa shape index (κ3) is 3.98. The van der Waals surface area contributed by atoms with Gasteiger partial charge in [-0.2, -0.15) is 0 Å². The molecule has 4 aromatic rings. The van der Waals surface area contributed by atoms with Crippen LogP contribution in [0.25, 0.3) is 5.69 Å². The zero-order valence-corrected chi connectivity index (χ0v) is 17.6. The molecule has 4 rings (SSSR count). The minimum Gasteiger partial charge on any atom is -0.459 e. The Bertz CT molecular complexity index is 1290. The van der Waals surface area contributed by atoms with Gasteiger partial charge in [0, 0.05) is 12.6 Å². The van der Waals surface area contributed by atoms with Crippen LogP contribution < -0.4 is 16.2 Å². The van der Waals surface area contributed by atoms with Gasteiger partial charge < -0.3 is 15.1 Å². The molecule has 1 atom stereocenters. The van der Waals surface area contributed by atoms with Gasteiger partial charge in [0.05, 0.1) is 17.6 Å². The van der Waals surface area contributed by atoms with Gasteiger partial charge in [0.1, 0.15) is 5.69 Å². The lowest BCUT2D eigenvalue weighted by Gasteiger charge is -2.19. The average Bonchev–Trinajstić information content (AvgIpc) is 3.43. The number of para-hydroxylation sites is 1. The van der Waals surface area contributed by atoms with Crippen molar-refractivity contribution in [1.29, 1.82) is 0 Å². The van der Waals surface area contributed by atoms with Crippen molar-refractivity contribution >= 4 is 17.4 Å². The smallest absolute Gasteiger partial charge is 0.295 e. The first-order chi connectivity index (χ1) is 15.5. The summed E-state index contributed by atoms with van der Waals surface area (Å²) in [7, 11) is 1.75. The Balaban J connectivity index is 1.72. The molecular weight excluding hydrogens is 408 g/mol. The topological polar surface area (TPSA) is 98.3 Å². The summed E-state index contributed by atoms with van der Waals surface area (Å²) in [6, 6.07) is 20.8. The highest BCUT2D eigenvalue weighted by Gasteiger charge is 2.27. The number of hydrogen-bond donors (Lipinski definition) is 2. The van der Waals surface area contributed by atoms with Crippen molar-refractivity contribution in [3.8, 4) is 5.69 Å². The van der Waals surface area contributed by atoms with Gasteiger partial charge in [0.2, 0.25) is 5.78 Å². The fourth-order valence-corrected chi connectivity index (χ4v) is 3.43. The van der Waals surface area contributed by atoms with E-state index in [1.165, 1.54) is 17.0 Å². The summed E-state index contributed by atoms with van der Waals surface area (Å²) in [6.45, 7) is 1.77. The van der Waals surface area contributed by atoms with E-state index in [1.54, 1.807) is 55.1 Å². The Morgan fingerprint density at radius 1 is 0.938 bits per heavy atom. The molecule has 0 aliphatic rings. The number of nitrogens with one attached hydrogen (secondary N) is 2. The number of ketones is 1. The van der Waals surface area contributed by atoms with Gasteiger partial charge in [-0.05, 0) is 31.2 Å². The molecule has 0 saturated carbocycles. The van der Waals surface area contributed by atoms with Crippen molar-refractivity contribution in [3.63, 3.8) is 0 Å². The van der Waals surface area contributed by atoms with Crippen molar-refractivity contribution in [2.75, 3.05) is 5.32 Å². The Morgan fingerprint density at radius 2 is 1.59 bits per heavy atom. The van der Waals surface area contributed by atoms with Crippen molar-refractivity contribution in [2.45, 2.75) is 13.1 Å². The number of rotatable bonds is 7. The Labute approximate surface area is 184 Å². The largest absolute Gasteiger partial charge is 0.459 e. The normalized spacial score (nSPS) is 11.7. The number of Topliss-reactive ketones (excluding diaryl/α,β-unsaturated/α-hetero) is 1. The van der Waals surface area contributed by atoms with E-state index in [2.05, 4.69) is 10.6 Å². The summed E-state index contributed by atoms with van der Waals surface area (Å²) in [6.07, 6.45) is 0.184. The molecule has 2 aromatic carbocycles. The maximum absolute atomic E-state index is 13.3. The van der Waals surface area contributed by atoms with Crippen molar-refractivity contribution < 1.29 is 14.0 Å². The van der Waals surface area contributed by atoms with Crippen LogP contribution in [0.3, 0.4) is 0 Å². The molecule has 2 aromatic heterocycles. The molecule has 2 N–H and O–H groups in total. The van der Waals surface area contributed by atoms with Gasteiger partial charge in [-0.1, -0.05) is 48.5 Å². The molecule has 0 bridgehead atoms. The van der Waals surface area contributed by atoms with Crippen LogP contribution in [-0.4, -0.2) is 27.2 Å². The van der Waals surface area contributed by atoms with Crippen LogP contribution in [0.15, 0.2) is 88.3 Å². The first kappa shape index (κ1) is 20.9. The Morgan fingerprint density at radius 3 is 2.22 bits per heavy atom. The fourth-order valence-electron chi connectivity index (χ4n) is 3.43. The average molecular weight is 430 g/mol. The summed E-state index contributed by atoms with van der Waals surface area (Å²) < 4.78 is 8.33. The van der Waals surface area contributed by atoms with Crippen molar-refractivity contribution in [2.24, 2.45) is 7.05 Å². The van der Waals surface area contributed by atoms with Crippen molar-refractivity contribution in [1.82, 2.24) is 14.7 Å². The van der Waals surface area contributed by atoms with E-state index in [1.807, 2.05) is 30.3 Å². The quantitative estimate of drug-likeness (QED) is 0.347. The molecule has 0 aliphatic heterocycles. The van der Waals surface area contributed by atoms with E-state index in [9.17, 15) is 14.4 Å². The number of hydrogen-bond acceptors (Lipinski definition) is 5. The number of nitrogens with zero attached hydrogens (tertiary/aromatic N) is 2. The van der Waals surface area contributed by atoms with Crippen LogP contribution in [0.2, 0.25) is 0 Å². The maximum Gasteiger partial charge on any atom is 0.295 e. The second-order valence-electron chi connectivity index (χ2n) is 7.19. The van der Waals surface area contributed by atoms with Crippen LogP contribution in [0, 0.1) is 6.92 Å². The molecular formula is C24H22N4O4. The monoisotopic (exact) mass is 430 g/mol. The highest BCUT2D eigenvalue weighted by atomic mass is 16.3. The number of benzene rings is 2. The van der Waals surface area contributed by atoms with Gasteiger partial charge in [-0.3, -0.25) is 19.1 Å². The summed E-state index contributed by atoms with van der Waals surface area (Å²) in [4.78, 5) is 39.1.